The highest BCUT2D eigenvalue weighted by Crippen LogP contribution is 2.26. The molecule has 2 rings (SSSR count). The summed E-state index contributed by atoms with van der Waals surface area (Å²) >= 11 is 6.59. The van der Waals surface area contributed by atoms with Crippen LogP contribution in [0.15, 0.2) is 32.0 Å². The zero-order valence-corrected chi connectivity index (χ0v) is 14.4. The van der Waals surface area contributed by atoms with Gasteiger partial charge in [0.15, 0.2) is 0 Å². The standard InChI is InChI=1S/C12H15Br2NO3S/c1-8-6-10(4-5-18-8)15-19(16,17)12-3-2-9(13)7-11(12)14/h2-3,7-8,10,15H,4-6H2,1H3. The molecule has 1 aliphatic heterocycles. The van der Waals surface area contributed by atoms with Crippen molar-refractivity contribution in [3.63, 3.8) is 0 Å². The normalized spacial score (nSPS) is 24.4. The van der Waals surface area contributed by atoms with Crippen LogP contribution in [-0.2, 0) is 14.8 Å². The summed E-state index contributed by atoms with van der Waals surface area (Å²) in [6.07, 6.45) is 1.50. The van der Waals surface area contributed by atoms with E-state index in [1.54, 1.807) is 18.2 Å². The van der Waals surface area contributed by atoms with E-state index in [4.69, 9.17) is 4.74 Å². The highest BCUT2D eigenvalue weighted by atomic mass is 79.9. The lowest BCUT2D eigenvalue weighted by molar-refractivity contribution is 0.0173. The van der Waals surface area contributed by atoms with E-state index in [2.05, 4.69) is 36.6 Å². The molecule has 0 bridgehead atoms. The van der Waals surface area contributed by atoms with Crippen LogP contribution in [0.25, 0.3) is 0 Å². The first kappa shape index (κ1) is 15.4. The van der Waals surface area contributed by atoms with Crippen LogP contribution < -0.4 is 4.72 Å². The first-order chi connectivity index (χ1) is 8.88. The Morgan fingerprint density at radius 3 is 2.74 bits per heavy atom. The van der Waals surface area contributed by atoms with Crippen molar-refractivity contribution >= 4 is 41.9 Å². The molecule has 4 nitrogen and oxygen atoms in total. The molecule has 1 N–H and O–H groups in total. The Bertz CT molecular complexity index is 562. The minimum Gasteiger partial charge on any atom is -0.378 e. The van der Waals surface area contributed by atoms with Crippen molar-refractivity contribution in [1.29, 1.82) is 0 Å². The van der Waals surface area contributed by atoms with Gasteiger partial charge >= 0.3 is 0 Å². The smallest absolute Gasteiger partial charge is 0.241 e. The van der Waals surface area contributed by atoms with Gasteiger partial charge in [-0.2, -0.15) is 0 Å². The van der Waals surface area contributed by atoms with Crippen LogP contribution >= 0.6 is 31.9 Å². The van der Waals surface area contributed by atoms with Crippen molar-refractivity contribution in [1.82, 2.24) is 4.72 Å². The van der Waals surface area contributed by atoms with Crippen LogP contribution in [0.4, 0.5) is 0 Å². The predicted molar refractivity (Wildman–Crippen MR) is 80.6 cm³/mol. The molecule has 1 fully saturated rings. The molecule has 7 heteroatoms. The third-order valence-corrected chi connectivity index (χ3v) is 5.98. The highest BCUT2D eigenvalue weighted by Gasteiger charge is 2.26. The fraction of sp³-hybridized carbons (Fsp3) is 0.500. The second kappa shape index (κ2) is 6.22. The number of ether oxygens (including phenoxy) is 1. The molecule has 0 aromatic heterocycles. The van der Waals surface area contributed by atoms with Crippen molar-refractivity contribution < 1.29 is 13.2 Å². The average Bonchev–Trinajstić information content (AvgIpc) is 2.27. The first-order valence-electron chi connectivity index (χ1n) is 5.97. The zero-order chi connectivity index (χ0) is 14.0. The summed E-state index contributed by atoms with van der Waals surface area (Å²) in [6, 6.07) is 4.95. The lowest BCUT2D eigenvalue weighted by Crippen LogP contribution is -2.41. The Balaban J connectivity index is 2.18. The van der Waals surface area contributed by atoms with E-state index in [1.807, 2.05) is 6.92 Å². The monoisotopic (exact) mass is 411 g/mol. The van der Waals surface area contributed by atoms with Gasteiger partial charge in [0.05, 0.1) is 11.0 Å². The molecule has 2 atom stereocenters. The molecule has 0 amide bonds. The van der Waals surface area contributed by atoms with E-state index < -0.39 is 10.0 Å². The van der Waals surface area contributed by atoms with Crippen molar-refractivity contribution in [3.8, 4) is 0 Å². The van der Waals surface area contributed by atoms with E-state index in [0.29, 0.717) is 23.9 Å². The number of benzene rings is 1. The van der Waals surface area contributed by atoms with Gasteiger partial charge in [-0.1, -0.05) is 15.9 Å². The summed E-state index contributed by atoms with van der Waals surface area (Å²) in [4.78, 5) is 0.259. The molecule has 1 aliphatic rings. The van der Waals surface area contributed by atoms with Gasteiger partial charge in [0.1, 0.15) is 0 Å². The molecule has 1 aromatic carbocycles. The van der Waals surface area contributed by atoms with Gasteiger partial charge in [0, 0.05) is 21.6 Å². The molecule has 1 saturated heterocycles. The van der Waals surface area contributed by atoms with Gasteiger partial charge < -0.3 is 4.74 Å². The second-order valence-electron chi connectivity index (χ2n) is 4.60. The summed E-state index contributed by atoms with van der Waals surface area (Å²) in [7, 11) is -3.50. The number of halogens is 2. The van der Waals surface area contributed by atoms with Crippen molar-refractivity contribution in [3.05, 3.63) is 27.1 Å². The lowest BCUT2D eigenvalue weighted by atomic mass is 10.1. The molecule has 1 aromatic rings. The van der Waals surface area contributed by atoms with E-state index in [0.717, 1.165) is 4.47 Å². The van der Waals surface area contributed by atoms with E-state index in [-0.39, 0.29) is 17.0 Å². The largest absolute Gasteiger partial charge is 0.378 e. The second-order valence-corrected chi connectivity index (χ2v) is 8.05. The van der Waals surface area contributed by atoms with E-state index in [1.165, 1.54) is 0 Å². The number of nitrogens with one attached hydrogen (secondary N) is 1. The van der Waals surface area contributed by atoms with Gasteiger partial charge in [-0.3, -0.25) is 0 Å². The Morgan fingerprint density at radius 1 is 1.37 bits per heavy atom. The fourth-order valence-electron chi connectivity index (χ4n) is 2.08. The van der Waals surface area contributed by atoms with Crippen LogP contribution in [0.1, 0.15) is 19.8 Å². The summed E-state index contributed by atoms with van der Waals surface area (Å²) in [6.45, 7) is 2.55. The number of hydrogen-bond acceptors (Lipinski definition) is 3. The quantitative estimate of drug-likeness (QED) is 0.829. The SMILES string of the molecule is CC1CC(NS(=O)(=O)c2ccc(Br)cc2Br)CCO1. The van der Waals surface area contributed by atoms with Crippen LogP contribution in [0, 0.1) is 0 Å². The Kier molecular flexibility index (Phi) is 5.05. The fourth-order valence-corrected chi connectivity index (χ4v) is 5.11. The molecular weight excluding hydrogens is 398 g/mol. The Morgan fingerprint density at radius 2 is 2.11 bits per heavy atom. The van der Waals surface area contributed by atoms with Crippen LogP contribution in [0.3, 0.4) is 0 Å². The molecule has 2 unspecified atom stereocenters. The van der Waals surface area contributed by atoms with Crippen LogP contribution in [-0.4, -0.2) is 27.2 Å². The Hall–Kier alpha value is 0.0500. The van der Waals surface area contributed by atoms with Crippen LogP contribution in [0.2, 0.25) is 0 Å². The average molecular weight is 413 g/mol. The summed E-state index contributed by atoms with van der Waals surface area (Å²) in [5.74, 6) is 0. The topological polar surface area (TPSA) is 55.4 Å². The third-order valence-electron chi connectivity index (χ3n) is 2.99. The van der Waals surface area contributed by atoms with E-state index >= 15 is 0 Å². The number of sulfonamides is 1. The molecular formula is C12H15Br2NO3S. The first-order valence-corrected chi connectivity index (χ1v) is 9.04. The van der Waals surface area contributed by atoms with Gasteiger partial charge in [-0.05, 0) is 53.9 Å². The van der Waals surface area contributed by atoms with Crippen LogP contribution in [0.5, 0.6) is 0 Å². The molecule has 1 heterocycles. The summed E-state index contributed by atoms with van der Waals surface area (Å²) in [5, 5.41) is 0. The molecule has 0 saturated carbocycles. The lowest BCUT2D eigenvalue weighted by Gasteiger charge is -2.27. The highest BCUT2D eigenvalue weighted by molar-refractivity contribution is 9.11. The Labute approximate surface area is 130 Å². The van der Waals surface area contributed by atoms with Gasteiger partial charge in [-0.25, -0.2) is 13.1 Å². The minimum atomic E-state index is -3.50. The molecule has 106 valence electrons. The zero-order valence-electron chi connectivity index (χ0n) is 10.4. The van der Waals surface area contributed by atoms with Crippen molar-refractivity contribution in [2.24, 2.45) is 0 Å². The predicted octanol–water partition coefficient (Wildman–Crippen LogP) is 3.06. The summed E-state index contributed by atoms with van der Waals surface area (Å²) < 4.78 is 34.2. The molecule has 19 heavy (non-hydrogen) atoms. The number of hydrogen-bond donors (Lipinski definition) is 1. The maximum atomic E-state index is 12.3. The number of rotatable bonds is 3. The maximum absolute atomic E-state index is 12.3. The van der Waals surface area contributed by atoms with Gasteiger partial charge in [0.2, 0.25) is 10.0 Å². The molecule has 0 radical (unpaired) electrons. The molecule has 0 spiro atoms. The van der Waals surface area contributed by atoms with Gasteiger partial charge in [0.25, 0.3) is 0 Å². The van der Waals surface area contributed by atoms with Gasteiger partial charge in [-0.15, -0.1) is 0 Å². The van der Waals surface area contributed by atoms with Crippen molar-refractivity contribution in [2.45, 2.75) is 36.8 Å². The molecule has 0 aliphatic carbocycles. The van der Waals surface area contributed by atoms with Crippen molar-refractivity contribution in [2.75, 3.05) is 6.61 Å². The summed E-state index contributed by atoms with van der Waals surface area (Å²) in [5.41, 5.74) is 0. The van der Waals surface area contributed by atoms with E-state index in [9.17, 15) is 8.42 Å². The minimum absolute atomic E-state index is 0.0655. The third kappa shape index (κ3) is 4.01. The maximum Gasteiger partial charge on any atom is 0.241 e.